The number of benzene rings is 1. The fourth-order valence-corrected chi connectivity index (χ4v) is 4.66. The van der Waals surface area contributed by atoms with Crippen LogP contribution in [0.3, 0.4) is 0 Å². The highest BCUT2D eigenvalue weighted by atomic mass is 19.1. The van der Waals surface area contributed by atoms with Gasteiger partial charge in [0.2, 0.25) is 0 Å². The molecule has 2 aliphatic rings. The van der Waals surface area contributed by atoms with Crippen molar-refractivity contribution in [2.24, 2.45) is 0 Å². The Labute approximate surface area is 211 Å². The van der Waals surface area contributed by atoms with E-state index in [0.717, 1.165) is 11.3 Å². The van der Waals surface area contributed by atoms with Crippen molar-refractivity contribution in [1.82, 2.24) is 20.2 Å². The zero-order valence-corrected chi connectivity index (χ0v) is 20.0. The number of rotatable bonds is 7. The first-order valence-corrected chi connectivity index (χ1v) is 12.2. The Kier molecular flexibility index (Phi) is 6.33. The maximum Gasteiger partial charge on any atom is 0.176 e. The van der Waals surface area contributed by atoms with Crippen LogP contribution in [0.1, 0.15) is 18.0 Å². The molecule has 1 saturated heterocycles. The maximum atomic E-state index is 14.4. The van der Waals surface area contributed by atoms with Crippen LogP contribution in [0.4, 0.5) is 20.3 Å². The monoisotopic (exact) mass is 508 g/mol. The van der Waals surface area contributed by atoms with Gasteiger partial charge in [0.1, 0.15) is 28.7 Å². The topological polar surface area (TPSA) is 91.8 Å². The molecule has 0 radical (unpaired) electrons. The second-order valence-corrected chi connectivity index (χ2v) is 8.95. The van der Waals surface area contributed by atoms with Gasteiger partial charge in [-0.25, -0.2) is 19.2 Å². The first-order chi connectivity index (χ1) is 18.1. The Bertz CT molecular complexity index is 1430. The predicted octanol–water partition coefficient (Wildman–Crippen LogP) is 3.77. The summed E-state index contributed by atoms with van der Waals surface area (Å²) in [6.45, 7) is 3.29. The normalized spacial score (nSPS) is 17.9. The molecule has 3 aromatic heterocycles. The summed E-state index contributed by atoms with van der Waals surface area (Å²) < 4.78 is 42.4. The number of hydrogen-bond acceptors (Lipinski definition) is 8. The summed E-state index contributed by atoms with van der Waals surface area (Å²) in [6.07, 6.45) is 7.63. The molecule has 1 atom stereocenters. The van der Waals surface area contributed by atoms with Crippen molar-refractivity contribution in [3.63, 3.8) is 0 Å². The smallest absolute Gasteiger partial charge is 0.176 e. The molecule has 0 aliphatic carbocycles. The van der Waals surface area contributed by atoms with Crippen LogP contribution in [0.15, 0.2) is 59.4 Å². The van der Waals surface area contributed by atoms with Gasteiger partial charge in [-0.2, -0.15) is 5.10 Å². The molecule has 2 N–H and O–H groups in total. The van der Waals surface area contributed by atoms with Crippen molar-refractivity contribution in [3.05, 3.63) is 72.2 Å². The number of ether oxygens (including phenoxy) is 1. The van der Waals surface area contributed by atoms with Gasteiger partial charge in [0.05, 0.1) is 36.7 Å². The highest BCUT2D eigenvalue weighted by Gasteiger charge is 2.27. The Morgan fingerprint density at radius 3 is 2.73 bits per heavy atom. The lowest BCUT2D eigenvalue weighted by molar-refractivity contribution is 0.122. The number of nitrogens with one attached hydrogen (secondary N) is 1. The molecule has 0 bridgehead atoms. The molecule has 4 aromatic rings. The first kappa shape index (κ1) is 23.6. The summed E-state index contributed by atoms with van der Waals surface area (Å²) in [5, 5.41) is 15.1. The number of aliphatic hydroxyl groups excluding tert-OH is 1. The Morgan fingerprint density at radius 2 is 1.95 bits per heavy atom. The van der Waals surface area contributed by atoms with E-state index in [-0.39, 0.29) is 12.2 Å². The molecule has 6 rings (SSSR count). The van der Waals surface area contributed by atoms with Crippen LogP contribution in [0.25, 0.3) is 22.4 Å². The van der Waals surface area contributed by atoms with Crippen LogP contribution in [-0.2, 0) is 11.3 Å². The molecule has 5 heterocycles. The number of aryl methyl sites for hydroxylation is 1. The van der Waals surface area contributed by atoms with E-state index in [1.54, 1.807) is 28.2 Å². The first-order valence-electron chi connectivity index (χ1n) is 12.2. The molecule has 37 heavy (non-hydrogen) atoms. The summed E-state index contributed by atoms with van der Waals surface area (Å²) in [7, 11) is 0. The molecule has 192 valence electrons. The van der Waals surface area contributed by atoms with Crippen LogP contribution in [0.5, 0.6) is 0 Å². The third kappa shape index (κ3) is 4.57. The van der Waals surface area contributed by atoms with Gasteiger partial charge in [-0.05, 0) is 24.6 Å². The molecular formula is C26H26F2N6O3. The van der Waals surface area contributed by atoms with Crippen LogP contribution < -0.4 is 15.3 Å². The number of anilines is 2. The fourth-order valence-electron chi connectivity index (χ4n) is 4.66. The standard InChI is InChI=1S/C26H26F2N6O3/c27-18-3-1-4-19(28)25(18)20-5-7-34(31-20)24-14-22(32-8-11-36-12-9-32)26-21(30-24)13-23(37-26)17-15-29-33(16-17)6-2-10-35/h1,3-5,7,13-16,20,31,35H,2,6,8-12H2. The zero-order valence-electron chi connectivity index (χ0n) is 20.0. The second kappa shape index (κ2) is 9.92. The lowest BCUT2D eigenvalue weighted by Gasteiger charge is -2.29. The predicted molar refractivity (Wildman–Crippen MR) is 134 cm³/mol. The number of halogens is 2. The number of fused-ring (bicyclic) bond motifs is 1. The number of hydrazine groups is 1. The number of aromatic nitrogens is 3. The van der Waals surface area contributed by atoms with Crippen molar-refractivity contribution >= 4 is 22.6 Å². The number of aliphatic hydroxyl groups is 1. The van der Waals surface area contributed by atoms with Gasteiger partial charge < -0.3 is 19.2 Å². The van der Waals surface area contributed by atoms with E-state index in [4.69, 9.17) is 19.2 Å². The molecule has 9 nitrogen and oxygen atoms in total. The van der Waals surface area contributed by atoms with E-state index in [0.29, 0.717) is 61.9 Å². The maximum absolute atomic E-state index is 14.4. The molecule has 0 saturated carbocycles. The molecular weight excluding hydrogens is 482 g/mol. The van der Waals surface area contributed by atoms with Crippen molar-refractivity contribution in [1.29, 1.82) is 0 Å². The van der Waals surface area contributed by atoms with Crippen LogP contribution in [-0.4, -0.2) is 52.8 Å². The van der Waals surface area contributed by atoms with Crippen molar-refractivity contribution in [3.8, 4) is 11.3 Å². The average molecular weight is 509 g/mol. The van der Waals surface area contributed by atoms with E-state index in [1.807, 2.05) is 18.3 Å². The van der Waals surface area contributed by atoms with Crippen molar-refractivity contribution in [2.45, 2.75) is 19.0 Å². The summed E-state index contributed by atoms with van der Waals surface area (Å²) >= 11 is 0. The van der Waals surface area contributed by atoms with Gasteiger partial charge in [-0.15, -0.1) is 0 Å². The quantitative estimate of drug-likeness (QED) is 0.390. The van der Waals surface area contributed by atoms with E-state index in [2.05, 4.69) is 15.4 Å². The van der Waals surface area contributed by atoms with E-state index < -0.39 is 17.7 Å². The largest absolute Gasteiger partial charge is 0.452 e. The van der Waals surface area contributed by atoms with Crippen LogP contribution in [0, 0.1) is 11.6 Å². The van der Waals surface area contributed by atoms with E-state index in [9.17, 15) is 8.78 Å². The highest BCUT2D eigenvalue weighted by Crippen LogP contribution is 2.37. The van der Waals surface area contributed by atoms with E-state index in [1.165, 1.54) is 18.2 Å². The molecule has 0 amide bonds. The molecule has 0 spiro atoms. The van der Waals surface area contributed by atoms with Gasteiger partial charge in [-0.1, -0.05) is 6.07 Å². The third-order valence-electron chi connectivity index (χ3n) is 6.52. The summed E-state index contributed by atoms with van der Waals surface area (Å²) in [5.74, 6) is -0.0306. The van der Waals surface area contributed by atoms with Crippen molar-refractivity contribution < 1.29 is 23.0 Å². The lowest BCUT2D eigenvalue weighted by atomic mass is 10.1. The van der Waals surface area contributed by atoms with Crippen molar-refractivity contribution in [2.75, 3.05) is 42.8 Å². The summed E-state index contributed by atoms with van der Waals surface area (Å²) in [4.78, 5) is 6.98. The molecule has 11 heteroatoms. The second-order valence-electron chi connectivity index (χ2n) is 8.95. The molecule has 1 fully saturated rings. The Balaban J connectivity index is 1.36. The minimum atomic E-state index is -0.671. The number of furan rings is 1. The Morgan fingerprint density at radius 1 is 1.14 bits per heavy atom. The highest BCUT2D eigenvalue weighted by molar-refractivity contribution is 5.92. The average Bonchev–Trinajstić information content (AvgIpc) is 3.67. The van der Waals surface area contributed by atoms with Gasteiger partial charge in [0, 0.05) is 56.3 Å². The summed E-state index contributed by atoms with van der Waals surface area (Å²) in [5.41, 5.74) is 6.04. The summed E-state index contributed by atoms with van der Waals surface area (Å²) in [6, 6.07) is 6.94. The minimum absolute atomic E-state index is 0.0421. The molecule has 2 aliphatic heterocycles. The van der Waals surface area contributed by atoms with Gasteiger partial charge >= 0.3 is 0 Å². The van der Waals surface area contributed by atoms with E-state index >= 15 is 0 Å². The minimum Gasteiger partial charge on any atom is -0.452 e. The van der Waals surface area contributed by atoms with Gasteiger partial charge in [0.15, 0.2) is 5.58 Å². The zero-order chi connectivity index (χ0) is 25.4. The fraction of sp³-hybridized carbons (Fsp3) is 0.308. The van der Waals surface area contributed by atoms with Gasteiger partial charge in [0.25, 0.3) is 0 Å². The SMILES string of the molecule is OCCCn1cc(-c2cc3nc(N4C=CC(c5c(F)cccc5F)N4)cc(N4CCOCC4)c3o2)cn1. The number of nitrogens with zero attached hydrogens (tertiary/aromatic N) is 5. The van der Waals surface area contributed by atoms with Crippen LogP contribution in [0.2, 0.25) is 0 Å². The Hall–Kier alpha value is -3.80. The number of morpholine rings is 1. The molecule has 1 aromatic carbocycles. The number of pyridine rings is 1. The number of hydrogen-bond donors (Lipinski definition) is 2. The third-order valence-corrected chi connectivity index (χ3v) is 6.52. The lowest BCUT2D eigenvalue weighted by Crippen LogP contribution is -2.37. The molecule has 1 unspecified atom stereocenters. The van der Waals surface area contributed by atoms with Crippen LogP contribution >= 0.6 is 0 Å². The van der Waals surface area contributed by atoms with Gasteiger partial charge in [-0.3, -0.25) is 9.69 Å².